The van der Waals surface area contributed by atoms with Crippen LogP contribution in [0.3, 0.4) is 0 Å². The molecule has 0 amide bonds. The maximum absolute atomic E-state index is 5.69. The zero-order chi connectivity index (χ0) is 9.26. The number of nitrogens with zero attached hydrogens (tertiary/aromatic N) is 1. The molecule has 13 heavy (non-hydrogen) atoms. The molecule has 1 heterocycles. The van der Waals surface area contributed by atoms with Crippen molar-refractivity contribution in [3.63, 3.8) is 0 Å². The van der Waals surface area contributed by atoms with E-state index >= 15 is 0 Å². The van der Waals surface area contributed by atoms with Crippen molar-refractivity contribution in [2.45, 2.75) is 19.1 Å². The maximum Gasteiger partial charge on any atom is 0.1000 e. The van der Waals surface area contributed by atoms with Crippen molar-refractivity contribution in [1.29, 1.82) is 0 Å². The number of likely N-dealkylation sites (N-methyl/N-ethyl adjacent to an activating group) is 1. The summed E-state index contributed by atoms with van der Waals surface area (Å²) in [4.78, 5) is 2.22. The predicted molar refractivity (Wildman–Crippen MR) is 52.4 cm³/mol. The first-order chi connectivity index (χ1) is 6.29. The largest absolute Gasteiger partial charge is 0.357 e. The van der Waals surface area contributed by atoms with Crippen LogP contribution in [0.1, 0.15) is 18.6 Å². The van der Waals surface area contributed by atoms with Crippen molar-refractivity contribution in [1.82, 2.24) is 4.90 Å². The molecule has 2 atom stereocenters. The van der Waals surface area contributed by atoms with Crippen LogP contribution in [0, 0.1) is 0 Å². The van der Waals surface area contributed by atoms with Crippen molar-refractivity contribution < 1.29 is 4.74 Å². The van der Waals surface area contributed by atoms with Crippen LogP contribution < -0.4 is 0 Å². The maximum atomic E-state index is 5.69. The summed E-state index contributed by atoms with van der Waals surface area (Å²) in [7, 11) is 2.09. The third-order valence-electron chi connectivity index (χ3n) is 2.72. The van der Waals surface area contributed by atoms with Gasteiger partial charge in [-0.25, -0.2) is 0 Å². The zero-order valence-electron chi connectivity index (χ0n) is 8.10. The Balaban J connectivity index is 2.19. The first kappa shape index (κ1) is 8.73. The van der Waals surface area contributed by atoms with E-state index in [1.165, 1.54) is 5.56 Å². The highest BCUT2D eigenvalue weighted by atomic mass is 16.5. The van der Waals surface area contributed by atoms with Crippen LogP contribution in [0.5, 0.6) is 0 Å². The topological polar surface area (TPSA) is 12.5 Å². The van der Waals surface area contributed by atoms with E-state index in [1.54, 1.807) is 0 Å². The fraction of sp³-hybridized carbons (Fsp3) is 0.455. The molecule has 0 aromatic heterocycles. The fourth-order valence-corrected chi connectivity index (χ4v) is 1.70. The quantitative estimate of drug-likeness (QED) is 0.651. The van der Waals surface area contributed by atoms with E-state index in [0.717, 1.165) is 6.73 Å². The second-order valence-corrected chi connectivity index (χ2v) is 3.62. The average Bonchev–Trinajstić information content (AvgIpc) is 2.49. The van der Waals surface area contributed by atoms with Gasteiger partial charge in [-0.3, -0.25) is 4.90 Å². The van der Waals surface area contributed by atoms with Gasteiger partial charge in [-0.2, -0.15) is 0 Å². The van der Waals surface area contributed by atoms with Gasteiger partial charge in [-0.05, 0) is 19.5 Å². The first-order valence-electron chi connectivity index (χ1n) is 4.66. The summed E-state index contributed by atoms with van der Waals surface area (Å²) in [5.74, 6) is 0. The van der Waals surface area contributed by atoms with Gasteiger partial charge in [0.1, 0.15) is 0 Å². The molecule has 2 nitrogen and oxygen atoms in total. The lowest BCUT2D eigenvalue weighted by Crippen LogP contribution is -2.24. The molecule has 1 fully saturated rings. The van der Waals surface area contributed by atoms with Crippen LogP contribution in [0.15, 0.2) is 30.3 Å². The fourth-order valence-electron chi connectivity index (χ4n) is 1.70. The minimum absolute atomic E-state index is 0.242. The standard InChI is InChI=1S/C11H15NO/c1-9-11(13-8-12(9)2)10-6-4-3-5-7-10/h3-7,9,11H,8H2,1-2H3/t9-,11+/m0/s1. The lowest BCUT2D eigenvalue weighted by atomic mass is 10.0. The van der Waals surface area contributed by atoms with Crippen molar-refractivity contribution >= 4 is 0 Å². The van der Waals surface area contributed by atoms with E-state index in [4.69, 9.17) is 4.74 Å². The molecule has 2 heteroatoms. The van der Waals surface area contributed by atoms with Gasteiger partial charge in [-0.1, -0.05) is 30.3 Å². The Labute approximate surface area is 79.1 Å². The highest BCUT2D eigenvalue weighted by Gasteiger charge is 2.29. The molecule has 1 aromatic rings. The van der Waals surface area contributed by atoms with Crippen molar-refractivity contribution in [3.05, 3.63) is 35.9 Å². The molecule has 70 valence electrons. The zero-order valence-corrected chi connectivity index (χ0v) is 8.10. The molecule has 0 spiro atoms. The molecule has 1 aromatic carbocycles. The average molecular weight is 177 g/mol. The molecular formula is C11H15NO. The summed E-state index contributed by atoms with van der Waals surface area (Å²) in [6, 6.07) is 10.9. The molecule has 0 bridgehead atoms. The second kappa shape index (κ2) is 3.48. The van der Waals surface area contributed by atoms with Gasteiger partial charge >= 0.3 is 0 Å². The molecule has 0 N–H and O–H groups in total. The molecule has 2 rings (SSSR count). The molecule has 1 aliphatic heterocycles. The van der Waals surface area contributed by atoms with Gasteiger partial charge in [0.2, 0.25) is 0 Å². The van der Waals surface area contributed by atoms with Gasteiger partial charge in [-0.15, -0.1) is 0 Å². The molecular weight excluding hydrogens is 162 g/mol. The third kappa shape index (κ3) is 1.60. The molecule has 0 saturated carbocycles. The van der Waals surface area contributed by atoms with Crippen LogP contribution in [0.25, 0.3) is 0 Å². The Morgan fingerprint density at radius 2 is 2.00 bits per heavy atom. The first-order valence-corrected chi connectivity index (χ1v) is 4.66. The van der Waals surface area contributed by atoms with Crippen molar-refractivity contribution in [3.8, 4) is 0 Å². The second-order valence-electron chi connectivity index (χ2n) is 3.62. The van der Waals surface area contributed by atoms with Crippen LogP contribution in [0.4, 0.5) is 0 Å². The van der Waals surface area contributed by atoms with Crippen LogP contribution in [-0.2, 0) is 4.74 Å². The Bertz CT molecular complexity index is 273. The minimum atomic E-state index is 0.242. The summed E-state index contributed by atoms with van der Waals surface area (Å²) in [5, 5.41) is 0. The lowest BCUT2D eigenvalue weighted by molar-refractivity contribution is 0.0933. The normalized spacial score (nSPS) is 29.4. The highest BCUT2D eigenvalue weighted by Crippen LogP contribution is 2.29. The molecule has 1 saturated heterocycles. The summed E-state index contributed by atoms with van der Waals surface area (Å²) < 4.78 is 5.69. The number of benzene rings is 1. The molecule has 0 radical (unpaired) electrons. The smallest absolute Gasteiger partial charge is 0.1000 e. The Kier molecular flexibility index (Phi) is 2.34. The number of ether oxygens (including phenoxy) is 1. The van der Waals surface area contributed by atoms with Crippen LogP contribution in [0.2, 0.25) is 0 Å². The van der Waals surface area contributed by atoms with E-state index in [1.807, 2.05) is 6.07 Å². The van der Waals surface area contributed by atoms with E-state index in [0.29, 0.717) is 6.04 Å². The minimum Gasteiger partial charge on any atom is -0.357 e. The summed E-state index contributed by atoms with van der Waals surface area (Å²) in [6.07, 6.45) is 0.242. The number of hydrogen-bond donors (Lipinski definition) is 0. The van der Waals surface area contributed by atoms with E-state index in [9.17, 15) is 0 Å². The van der Waals surface area contributed by atoms with Gasteiger partial charge in [0.15, 0.2) is 0 Å². The van der Waals surface area contributed by atoms with E-state index in [2.05, 4.69) is 43.1 Å². The summed E-state index contributed by atoms with van der Waals surface area (Å²) >= 11 is 0. The predicted octanol–water partition coefficient (Wildman–Crippen LogP) is 2.04. The van der Waals surface area contributed by atoms with Crippen molar-refractivity contribution in [2.24, 2.45) is 0 Å². The Morgan fingerprint density at radius 3 is 2.54 bits per heavy atom. The Hall–Kier alpha value is -0.860. The monoisotopic (exact) mass is 177 g/mol. The van der Waals surface area contributed by atoms with E-state index in [-0.39, 0.29) is 6.10 Å². The van der Waals surface area contributed by atoms with Gasteiger partial charge in [0, 0.05) is 6.04 Å². The summed E-state index contributed by atoms with van der Waals surface area (Å²) in [6.45, 7) is 2.94. The molecule has 1 aliphatic rings. The molecule has 0 unspecified atom stereocenters. The SMILES string of the molecule is C[C@H]1[C@H](c2ccccc2)OCN1C. The van der Waals surface area contributed by atoms with Crippen molar-refractivity contribution in [2.75, 3.05) is 13.8 Å². The van der Waals surface area contributed by atoms with Crippen LogP contribution in [-0.4, -0.2) is 24.7 Å². The Morgan fingerprint density at radius 1 is 1.31 bits per heavy atom. The summed E-state index contributed by atoms with van der Waals surface area (Å²) in [5.41, 5.74) is 1.28. The van der Waals surface area contributed by atoms with Crippen LogP contribution >= 0.6 is 0 Å². The number of hydrogen-bond acceptors (Lipinski definition) is 2. The van der Waals surface area contributed by atoms with E-state index < -0.39 is 0 Å². The number of rotatable bonds is 1. The third-order valence-corrected chi connectivity index (χ3v) is 2.72. The molecule has 0 aliphatic carbocycles. The lowest BCUT2D eigenvalue weighted by Gasteiger charge is -2.17. The highest BCUT2D eigenvalue weighted by molar-refractivity contribution is 5.19. The van der Waals surface area contributed by atoms with Gasteiger partial charge in [0.05, 0.1) is 12.8 Å². The van der Waals surface area contributed by atoms with Gasteiger partial charge in [0.25, 0.3) is 0 Å². The van der Waals surface area contributed by atoms with Gasteiger partial charge < -0.3 is 4.74 Å².